The number of anilines is 2. The third kappa shape index (κ3) is 3.89. The molecule has 1 N–H and O–H groups in total. The highest BCUT2D eigenvalue weighted by atomic mass is 32.2. The second-order valence-corrected chi connectivity index (χ2v) is 8.77. The smallest absolute Gasteiger partial charge is 0.245 e. The summed E-state index contributed by atoms with van der Waals surface area (Å²) in [6, 6.07) is 14.0. The van der Waals surface area contributed by atoms with E-state index < -0.39 is 0 Å². The number of thiazole rings is 1. The summed E-state index contributed by atoms with van der Waals surface area (Å²) >= 11 is 3.36. The van der Waals surface area contributed by atoms with Crippen LogP contribution in [0.5, 0.6) is 5.75 Å². The summed E-state index contributed by atoms with van der Waals surface area (Å²) < 4.78 is 6.25. The number of carbonyl (C=O) groups is 1. The average Bonchev–Trinajstić information content (AvgIpc) is 3.08. The molecular weight excluding hydrogens is 378 g/mol. The number of hydrogen-bond acceptors (Lipinski definition) is 6. The molecule has 1 atom stereocenters. The van der Waals surface area contributed by atoms with E-state index in [9.17, 15) is 4.79 Å². The molecule has 1 aliphatic heterocycles. The number of amides is 1. The fourth-order valence-electron chi connectivity index (χ4n) is 3.16. The third-order valence-corrected chi connectivity index (χ3v) is 6.90. The molecule has 0 saturated heterocycles. The Bertz CT molecular complexity index is 973. The second-order valence-electron chi connectivity index (χ2n) is 6.40. The number of benzene rings is 2. The summed E-state index contributed by atoms with van der Waals surface area (Å²) in [6.07, 6.45) is 1.08. The van der Waals surface area contributed by atoms with Gasteiger partial charge in [0.25, 0.3) is 0 Å². The van der Waals surface area contributed by atoms with Crippen molar-refractivity contribution < 1.29 is 9.53 Å². The first-order valence-electron chi connectivity index (χ1n) is 8.91. The van der Waals surface area contributed by atoms with Crippen LogP contribution in [0.15, 0.2) is 47.4 Å². The molecule has 3 aromatic rings. The number of ether oxygens (including phenoxy) is 1. The number of para-hydroxylation sites is 1. The van der Waals surface area contributed by atoms with Gasteiger partial charge in [0.15, 0.2) is 5.13 Å². The molecule has 1 amide bonds. The standard InChI is InChI=1S/C20H21N3O2S2/c1-3-14-11-23(16-6-4-5-7-17(16)26-14)12-19(24)22-20-21-15-9-8-13(25-2)10-18(15)27-20/h4-10,14H,3,11-12H2,1-2H3,(H,21,22,24)/t14-/m1/s1. The van der Waals surface area contributed by atoms with Gasteiger partial charge in [-0.1, -0.05) is 30.4 Å². The zero-order valence-electron chi connectivity index (χ0n) is 15.3. The van der Waals surface area contributed by atoms with Crippen LogP contribution in [0.4, 0.5) is 10.8 Å². The Morgan fingerprint density at radius 2 is 2.19 bits per heavy atom. The summed E-state index contributed by atoms with van der Waals surface area (Å²) in [5, 5.41) is 4.08. The fraction of sp³-hybridized carbons (Fsp3) is 0.300. The maximum Gasteiger partial charge on any atom is 0.245 e. The van der Waals surface area contributed by atoms with Crippen LogP contribution in [0, 0.1) is 0 Å². The Hall–Kier alpha value is -2.25. The van der Waals surface area contributed by atoms with E-state index in [4.69, 9.17) is 4.74 Å². The van der Waals surface area contributed by atoms with Crippen molar-refractivity contribution in [1.82, 2.24) is 4.98 Å². The Kier molecular flexibility index (Phi) is 5.22. The van der Waals surface area contributed by atoms with Gasteiger partial charge in [-0.25, -0.2) is 4.98 Å². The van der Waals surface area contributed by atoms with E-state index >= 15 is 0 Å². The molecule has 5 nitrogen and oxygen atoms in total. The van der Waals surface area contributed by atoms with Crippen molar-refractivity contribution in [2.75, 3.05) is 30.4 Å². The number of hydrogen-bond donors (Lipinski definition) is 1. The highest BCUT2D eigenvalue weighted by molar-refractivity contribution is 8.00. The lowest BCUT2D eigenvalue weighted by atomic mass is 10.2. The molecule has 0 aliphatic carbocycles. The van der Waals surface area contributed by atoms with Crippen molar-refractivity contribution in [3.8, 4) is 5.75 Å². The van der Waals surface area contributed by atoms with Gasteiger partial charge < -0.3 is 15.0 Å². The maximum absolute atomic E-state index is 12.7. The van der Waals surface area contributed by atoms with Crippen molar-refractivity contribution in [1.29, 1.82) is 0 Å². The molecule has 4 rings (SSSR count). The largest absolute Gasteiger partial charge is 0.497 e. The lowest BCUT2D eigenvalue weighted by molar-refractivity contribution is -0.115. The summed E-state index contributed by atoms with van der Waals surface area (Å²) in [4.78, 5) is 20.6. The SMILES string of the molecule is CC[C@@H]1CN(CC(=O)Nc2nc3ccc(OC)cc3s2)c2ccccc2S1. The number of nitrogens with one attached hydrogen (secondary N) is 1. The monoisotopic (exact) mass is 399 g/mol. The topological polar surface area (TPSA) is 54.5 Å². The quantitative estimate of drug-likeness (QED) is 0.678. The fourth-order valence-corrected chi connectivity index (χ4v) is 5.32. The molecular formula is C20H21N3O2S2. The molecule has 27 heavy (non-hydrogen) atoms. The van der Waals surface area contributed by atoms with Crippen molar-refractivity contribution in [3.05, 3.63) is 42.5 Å². The Morgan fingerprint density at radius 3 is 3.00 bits per heavy atom. The minimum absolute atomic E-state index is 0.0439. The van der Waals surface area contributed by atoms with E-state index in [2.05, 4.69) is 40.3 Å². The zero-order valence-corrected chi connectivity index (χ0v) is 16.9. The van der Waals surface area contributed by atoms with Crippen LogP contribution in [0.3, 0.4) is 0 Å². The van der Waals surface area contributed by atoms with Gasteiger partial charge in [0, 0.05) is 16.7 Å². The lowest BCUT2D eigenvalue weighted by Crippen LogP contribution is -2.40. The molecule has 0 fully saturated rings. The van der Waals surface area contributed by atoms with Crippen LogP contribution < -0.4 is 15.0 Å². The van der Waals surface area contributed by atoms with Crippen LogP contribution >= 0.6 is 23.1 Å². The van der Waals surface area contributed by atoms with E-state index in [1.54, 1.807) is 7.11 Å². The van der Waals surface area contributed by atoms with Gasteiger partial charge in [-0.05, 0) is 36.8 Å². The van der Waals surface area contributed by atoms with Crippen LogP contribution in [0.2, 0.25) is 0 Å². The van der Waals surface area contributed by atoms with Crippen molar-refractivity contribution in [3.63, 3.8) is 0 Å². The summed E-state index contributed by atoms with van der Waals surface area (Å²) in [5.74, 6) is 0.745. The highest BCUT2D eigenvalue weighted by Crippen LogP contribution is 2.39. The van der Waals surface area contributed by atoms with E-state index in [0.717, 1.165) is 34.6 Å². The van der Waals surface area contributed by atoms with Gasteiger partial charge >= 0.3 is 0 Å². The molecule has 7 heteroatoms. The molecule has 0 spiro atoms. The number of nitrogens with zero attached hydrogens (tertiary/aromatic N) is 2. The first-order valence-corrected chi connectivity index (χ1v) is 10.6. The van der Waals surface area contributed by atoms with Crippen LogP contribution in [0.1, 0.15) is 13.3 Å². The van der Waals surface area contributed by atoms with E-state index in [1.807, 2.05) is 36.0 Å². The number of carbonyl (C=O) groups excluding carboxylic acids is 1. The molecule has 2 aromatic carbocycles. The Labute approximate surface area is 166 Å². The van der Waals surface area contributed by atoms with Crippen LogP contribution in [0.25, 0.3) is 10.2 Å². The average molecular weight is 400 g/mol. The van der Waals surface area contributed by atoms with Crippen molar-refractivity contribution in [2.45, 2.75) is 23.5 Å². The van der Waals surface area contributed by atoms with Crippen LogP contribution in [-0.4, -0.2) is 36.3 Å². The molecule has 140 valence electrons. The number of thioether (sulfide) groups is 1. The molecule has 0 saturated carbocycles. The molecule has 1 aliphatic rings. The maximum atomic E-state index is 12.7. The van der Waals surface area contributed by atoms with Gasteiger partial charge in [0.2, 0.25) is 5.91 Å². The minimum Gasteiger partial charge on any atom is -0.497 e. The first kappa shape index (κ1) is 18.1. The molecule has 2 heterocycles. The van der Waals surface area contributed by atoms with Crippen molar-refractivity contribution >= 4 is 50.0 Å². The Morgan fingerprint density at radius 1 is 1.33 bits per heavy atom. The van der Waals surface area contributed by atoms with E-state index in [-0.39, 0.29) is 5.91 Å². The zero-order chi connectivity index (χ0) is 18.8. The van der Waals surface area contributed by atoms with Gasteiger partial charge in [0.1, 0.15) is 5.75 Å². The number of fused-ring (bicyclic) bond motifs is 2. The summed E-state index contributed by atoms with van der Waals surface area (Å²) in [7, 11) is 1.64. The number of aromatic nitrogens is 1. The van der Waals surface area contributed by atoms with Crippen molar-refractivity contribution in [2.24, 2.45) is 0 Å². The molecule has 0 unspecified atom stereocenters. The number of rotatable bonds is 5. The Balaban J connectivity index is 1.49. The highest BCUT2D eigenvalue weighted by Gasteiger charge is 2.25. The molecule has 1 aromatic heterocycles. The first-order chi connectivity index (χ1) is 13.2. The van der Waals surface area contributed by atoms with Gasteiger partial charge in [-0.3, -0.25) is 4.79 Å². The summed E-state index contributed by atoms with van der Waals surface area (Å²) in [5.41, 5.74) is 2.00. The molecule has 0 bridgehead atoms. The van der Waals surface area contributed by atoms with E-state index in [0.29, 0.717) is 16.9 Å². The lowest BCUT2D eigenvalue weighted by Gasteiger charge is -2.34. The van der Waals surface area contributed by atoms with Crippen LogP contribution in [-0.2, 0) is 4.79 Å². The predicted molar refractivity (Wildman–Crippen MR) is 113 cm³/mol. The minimum atomic E-state index is -0.0439. The van der Waals surface area contributed by atoms with Gasteiger partial charge in [-0.15, -0.1) is 11.8 Å². The molecule has 0 radical (unpaired) electrons. The van der Waals surface area contributed by atoms with Gasteiger partial charge in [0.05, 0.1) is 29.6 Å². The predicted octanol–water partition coefficient (Wildman–Crippen LogP) is 4.63. The third-order valence-electron chi connectivity index (χ3n) is 4.56. The number of methoxy groups -OCH3 is 1. The summed E-state index contributed by atoms with van der Waals surface area (Å²) in [6.45, 7) is 3.40. The second kappa shape index (κ2) is 7.78. The van der Waals surface area contributed by atoms with E-state index in [1.165, 1.54) is 16.2 Å². The van der Waals surface area contributed by atoms with Gasteiger partial charge in [-0.2, -0.15) is 0 Å². The normalized spacial score (nSPS) is 16.2.